The summed E-state index contributed by atoms with van der Waals surface area (Å²) in [7, 11) is 0. The number of rotatable bonds is 5. The fourth-order valence-corrected chi connectivity index (χ4v) is 2.11. The van der Waals surface area contributed by atoms with Gasteiger partial charge in [0.2, 0.25) is 0 Å². The number of hydrogen-bond donors (Lipinski definition) is 1. The van der Waals surface area contributed by atoms with Crippen LogP contribution in [0.4, 0.5) is 10.1 Å². The summed E-state index contributed by atoms with van der Waals surface area (Å²) in [5, 5.41) is 0. The van der Waals surface area contributed by atoms with Crippen molar-refractivity contribution in [1.29, 1.82) is 0 Å². The average Bonchev–Trinajstić information content (AvgIpc) is 2.82. The van der Waals surface area contributed by atoms with Crippen LogP contribution >= 0.6 is 0 Å². The van der Waals surface area contributed by atoms with Crippen LogP contribution in [-0.2, 0) is 0 Å². The Kier molecular flexibility index (Phi) is 4.20. The monoisotopic (exact) mass is 238 g/mol. The molecule has 0 atom stereocenters. The van der Waals surface area contributed by atoms with Gasteiger partial charge >= 0.3 is 0 Å². The number of likely N-dealkylation sites (tertiary alicyclic amines) is 1. The standard InChI is InChI=1S/C13H19FN2O/c14-11-4-5-12(15)13(10-11)17-9-3-8-16-6-1-2-7-16/h4-5,10H,1-3,6-9,15H2. The molecule has 1 aliphatic heterocycles. The van der Waals surface area contributed by atoms with Gasteiger partial charge in [0.05, 0.1) is 12.3 Å². The van der Waals surface area contributed by atoms with Crippen LogP contribution < -0.4 is 10.5 Å². The molecule has 0 spiro atoms. The van der Waals surface area contributed by atoms with Crippen molar-refractivity contribution in [2.45, 2.75) is 19.3 Å². The van der Waals surface area contributed by atoms with Crippen LogP contribution in [0.25, 0.3) is 0 Å². The van der Waals surface area contributed by atoms with E-state index in [-0.39, 0.29) is 5.82 Å². The molecule has 0 bridgehead atoms. The van der Waals surface area contributed by atoms with Gasteiger partial charge in [-0.15, -0.1) is 0 Å². The van der Waals surface area contributed by atoms with Gasteiger partial charge in [-0.1, -0.05) is 0 Å². The summed E-state index contributed by atoms with van der Waals surface area (Å²) in [5.41, 5.74) is 6.18. The third-order valence-electron chi connectivity index (χ3n) is 3.05. The third-order valence-corrected chi connectivity index (χ3v) is 3.05. The van der Waals surface area contributed by atoms with Crippen molar-refractivity contribution in [1.82, 2.24) is 4.90 Å². The lowest BCUT2D eigenvalue weighted by Gasteiger charge is -2.14. The zero-order valence-corrected chi connectivity index (χ0v) is 9.99. The van der Waals surface area contributed by atoms with Gasteiger partial charge in [0.15, 0.2) is 0 Å². The predicted octanol–water partition coefficient (Wildman–Crippen LogP) is 2.27. The summed E-state index contributed by atoms with van der Waals surface area (Å²) in [5.74, 6) is 0.139. The minimum atomic E-state index is -0.311. The maximum absolute atomic E-state index is 13.0. The summed E-state index contributed by atoms with van der Waals surface area (Å²) in [4.78, 5) is 2.43. The van der Waals surface area contributed by atoms with E-state index in [1.54, 1.807) is 0 Å². The lowest BCUT2D eigenvalue weighted by molar-refractivity contribution is 0.263. The Morgan fingerprint density at radius 2 is 2.06 bits per heavy atom. The van der Waals surface area contributed by atoms with Crippen molar-refractivity contribution >= 4 is 5.69 Å². The molecule has 1 aromatic rings. The number of nitrogens with two attached hydrogens (primary N) is 1. The van der Waals surface area contributed by atoms with Crippen LogP contribution in [0.3, 0.4) is 0 Å². The fraction of sp³-hybridized carbons (Fsp3) is 0.538. The Hall–Kier alpha value is -1.29. The van der Waals surface area contributed by atoms with Crippen LogP contribution in [0, 0.1) is 5.82 Å². The highest BCUT2D eigenvalue weighted by Gasteiger charge is 2.10. The molecular formula is C13H19FN2O. The summed E-state index contributed by atoms with van der Waals surface area (Å²) in [6.07, 6.45) is 3.56. The van der Waals surface area contributed by atoms with Gasteiger partial charge in [-0.05, 0) is 44.5 Å². The van der Waals surface area contributed by atoms with Crippen LogP contribution in [0.2, 0.25) is 0 Å². The van der Waals surface area contributed by atoms with Crippen molar-refractivity contribution < 1.29 is 9.13 Å². The zero-order chi connectivity index (χ0) is 12.1. The number of halogens is 1. The van der Waals surface area contributed by atoms with E-state index in [4.69, 9.17) is 10.5 Å². The maximum Gasteiger partial charge on any atom is 0.145 e. The topological polar surface area (TPSA) is 38.5 Å². The Morgan fingerprint density at radius 1 is 1.29 bits per heavy atom. The van der Waals surface area contributed by atoms with E-state index in [2.05, 4.69) is 4.90 Å². The number of nitrogens with zero attached hydrogens (tertiary/aromatic N) is 1. The molecule has 0 aliphatic carbocycles. The first-order valence-electron chi connectivity index (χ1n) is 6.16. The van der Waals surface area contributed by atoms with Crippen LogP contribution in [0.5, 0.6) is 5.75 Å². The van der Waals surface area contributed by atoms with E-state index in [9.17, 15) is 4.39 Å². The highest BCUT2D eigenvalue weighted by atomic mass is 19.1. The van der Waals surface area contributed by atoms with Gasteiger partial charge in [0.25, 0.3) is 0 Å². The highest BCUT2D eigenvalue weighted by molar-refractivity contribution is 5.52. The molecule has 1 aromatic carbocycles. The Bertz CT molecular complexity index is 364. The molecule has 0 aromatic heterocycles. The van der Waals surface area contributed by atoms with E-state index < -0.39 is 0 Å². The number of nitrogen functional groups attached to an aromatic ring is 1. The normalized spacial score (nSPS) is 16.3. The average molecular weight is 238 g/mol. The van der Waals surface area contributed by atoms with Gasteiger partial charge in [-0.3, -0.25) is 0 Å². The second-order valence-electron chi connectivity index (χ2n) is 4.43. The molecule has 4 heteroatoms. The van der Waals surface area contributed by atoms with Crippen molar-refractivity contribution in [2.75, 3.05) is 32.0 Å². The SMILES string of the molecule is Nc1ccc(F)cc1OCCCN1CCCC1. The minimum absolute atomic E-state index is 0.311. The van der Waals surface area contributed by atoms with E-state index >= 15 is 0 Å². The second-order valence-corrected chi connectivity index (χ2v) is 4.43. The first-order chi connectivity index (χ1) is 8.25. The van der Waals surface area contributed by atoms with Crippen molar-refractivity contribution in [3.8, 4) is 5.75 Å². The molecular weight excluding hydrogens is 219 g/mol. The Balaban J connectivity index is 1.72. The highest BCUT2D eigenvalue weighted by Crippen LogP contribution is 2.22. The van der Waals surface area contributed by atoms with Gasteiger partial charge < -0.3 is 15.4 Å². The van der Waals surface area contributed by atoms with Crippen molar-refractivity contribution in [2.24, 2.45) is 0 Å². The minimum Gasteiger partial charge on any atom is -0.491 e. The smallest absolute Gasteiger partial charge is 0.145 e. The molecule has 2 rings (SSSR count). The molecule has 3 nitrogen and oxygen atoms in total. The first-order valence-corrected chi connectivity index (χ1v) is 6.16. The van der Waals surface area contributed by atoms with Crippen LogP contribution in [0.15, 0.2) is 18.2 Å². The molecule has 1 aliphatic rings. The second kappa shape index (κ2) is 5.87. The van der Waals surface area contributed by atoms with E-state index in [1.807, 2.05) is 0 Å². The van der Waals surface area contributed by atoms with Gasteiger partial charge in [-0.25, -0.2) is 4.39 Å². The first kappa shape index (κ1) is 12.2. The largest absolute Gasteiger partial charge is 0.491 e. The van der Waals surface area contributed by atoms with Crippen LogP contribution in [0.1, 0.15) is 19.3 Å². The Morgan fingerprint density at radius 3 is 2.82 bits per heavy atom. The van der Waals surface area contributed by atoms with Gasteiger partial charge in [-0.2, -0.15) is 0 Å². The van der Waals surface area contributed by atoms with Crippen molar-refractivity contribution in [3.63, 3.8) is 0 Å². The molecule has 1 heterocycles. The number of ether oxygens (including phenoxy) is 1. The molecule has 0 radical (unpaired) electrons. The molecule has 1 saturated heterocycles. The number of hydrogen-bond acceptors (Lipinski definition) is 3. The molecule has 1 fully saturated rings. The molecule has 17 heavy (non-hydrogen) atoms. The van der Waals surface area contributed by atoms with E-state index in [0.29, 0.717) is 18.0 Å². The van der Waals surface area contributed by atoms with Crippen LogP contribution in [-0.4, -0.2) is 31.1 Å². The summed E-state index contributed by atoms with van der Waals surface area (Å²) >= 11 is 0. The molecule has 94 valence electrons. The van der Waals surface area contributed by atoms with E-state index in [0.717, 1.165) is 13.0 Å². The summed E-state index contributed by atoms with van der Waals surface area (Å²) in [6.45, 7) is 4.03. The zero-order valence-electron chi connectivity index (χ0n) is 9.99. The lowest BCUT2D eigenvalue weighted by Crippen LogP contribution is -2.22. The molecule has 0 saturated carbocycles. The summed E-state index contributed by atoms with van der Waals surface area (Å²) in [6, 6.07) is 4.21. The maximum atomic E-state index is 13.0. The molecule has 0 unspecified atom stereocenters. The van der Waals surface area contributed by atoms with E-state index in [1.165, 1.54) is 44.1 Å². The summed E-state index contributed by atoms with van der Waals surface area (Å²) < 4.78 is 18.4. The predicted molar refractivity (Wildman–Crippen MR) is 66.6 cm³/mol. The van der Waals surface area contributed by atoms with Gasteiger partial charge in [0.1, 0.15) is 11.6 Å². The Labute approximate surface area is 101 Å². The third kappa shape index (κ3) is 3.60. The quantitative estimate of drug-likeness (QED) is 0.631. The van der Waals surface area contributed by atoms with Crippen molar-refractivity contribution in [3.05, 3.63) is 24.0 Å². The molecule has 0 amide bonds. The lowest BCUT2D eigenvalue weighted by atomic mass is 10.3. The van der Waals surface area contributed by atoms with Gasteiger partial charge in [0, 0.05) is 12.6 Å². The number of benzene rings is 1. The fourth-order valence-electron chi connectivity index (χ4n) is 2.11. The molecule has 2 N–H and O–H groups in total. The number of anilines is 1.